The van der Waals surface area contributed by atoms with Gasteiger partial charge in [0, 0.05) is 11.3 Å². The van der Waals surface area contributed by atoms with E-state index in [9.17, 15) is 16.8 Å². The van der Waals surface area contributed by atoms with Gasteiger partial charge in [-0.2, -0.15) is 0 Å². The van der Waals surface area contributed by atoms with Crippen LogP contribution in [-0.2, 0) is 19.7 Å². The summed E-state index contributed by atoms with van der Waals surface area (Å²) in [6.07, 6.45) is 0.547. The number of nitrogens with zero attached hydrogens (tertiary/aromatic N) is 1. The van der Waals surface area contributed by atoms with E-state index in [-0.39, 0.29) is 34.3 Å². The van der Waals surface area contributed by atoms with E-state index >= 15 is 0 Å². The molecule has 3 fully saturated rings. The maximum Gasteiger partial charge on any atom is 0.153 e. The van der Waals surface area contributed by atoms with Gasteiger partial charge in [0.2, 0.25) is 0 Å². The minimum absolute atomic E-state index is 0.0618. The summed E-state index contributed by atoms with van der Waals surface area (Å²) in [5, 5.41) is -0.0618. The molecule has 3 heterocycles. The lowest BCUT2D eigenvalue weighted by Gasteiger charge is -2.38. The van der Waals surface area contributed by atoms with E-state index in [1.54, 1.807) is 0 Å². The number of thioether (sulfide) groups is 1. The molecule has 0 aromatic carbocycles. The third-order valence-corrected chi connectivity index (χ3v) is 9.84. The van der Waals surface area contributed by atoms with Crippen LogP contribution in [0.25, 0.3) is 0 Å². The largest absolute Gasteiger partial charge is 0.346 e. The summed E-state index contributed by atoms with van der Waals surface area (Å²) in [5.74, 6) is 0.490. The third kappa shape index (κ3) is 2.22. The first-order chi connectivity index (χ1) is 8.63. The van der Waals surface area contributed by atoms with Crippen LogP contribution in [0.4, 0.5) is 0 Å². The zero-order valence-electron chi connectivity index (χ0n) is 10.4. The third-order valence-electron chi connectivity index (χ3n) is 4.17. The average molecular weight is 342 g/mol. The van der Waals surface area contributed by atoms with Crippen molar-refractivity contribution in [3.63, 3.8) is 0 Å². The highest BCUT2D eigenvalue weighted by Gasteiger charge is 2.59. The van der Waals surface area contributed by atoms with Crippen LogP contribution in [0.15, 0.2) is 0 Å². The second-order valence-corrected chi connectivity index (χ2v) is 11.9. The predicted molar refractivity (Wildman–Crippen MR) is 79.9 cm³/mol. The molecule has 3 aliphatic rings. The lowest BCUT2D eigenvalue weighted by Crippen LogP contribution is -2.54. The van der Waals surface area contributed by atoms with Crippen molar-refractivity contribution in [3.8, 4) is 0 Å². The van der Waals surface area contributed by atoms with Crippen LogP contribution in [-0.4, -0.2) is 65.9 Å². The van der Waals surface area contributed by atoms with Crippen molar-refractivity contribution in [1.29, 1.82) is 0 Å². The van der Waals surface area contributed by atoms with Crippen LogP contribution in [0.5, 0.6) is 0 Å². The molecule has 0 aromatic rings. The van der Waals surface area contributed by atoms with Crippen LogP contribution in [0, 0.1) is 0 Å². The molecule has 0 spiro atoms. The van der Waals surface area contributed by atoms with Crippen LogP contribution >= 0.6 is 24.0 Å². The summed E-state index contributed by atoms with van der Waals surface area (Å²) in [6.45, 7) is 1.90. The van der Waals surface area contributed by atoms with Crippen LogP contribution in [0.1, 0.15) is 13.3 Å². The number of sulfone groups is 2. The Labute approximate surface area is 122 Å². The topological polar surface area (TPSA) is 71.5 Å². The van der Waals surface area contributed by atoms with Gasteiger partial charge in [0.15, 0.2) is 19.7 Å². The first kappa shape index (κ1) is 14.1. The van der Waals surface area contributed by atoms with Crippen molar-refractivity contribution in [1.82, 2.24) is 4.90 Å². The molecule has 0 N–H and O–H groups in total. The Morgan fingerprint density at radius 3 is 2.53 bits per heavy atom. The highest BCUT2D eigenvalue weighted by atomic mass is 32.2. The zero-order valence-corrected chi connectivity index (χ0v) is 13.7. The minimum atomic E-state index is -3.05. The maximum atomic E-state index is 11.8. The van der Waals surface area contributed by atoms with E-state index < -0.39 is 25.2 Å². The van der Waals surface area contributed by atoms with Crippen molar-refractivity contribution in [2.45, 2.75) is 30.2 Å². The molecule has 108 valence electrons. The maximum absolute atomic E-state index is 11.8. The highest BCUT2D eigenvalue weighted by molar-refractivity contribution is 8.24. The standard InChI is InChI=1S/C10H15NO4S4/c1-10-6-19(14,15)5-8(10)17-9(16)11(10)7-2-3-18(12,13)4-7/h7-8H,2-6H2,1H3/t7-,8+,10-/m1/s1. The molecule has 0 unspecified atom stereocenters. The van der Waals surface area contributed by atoms with E-state index in [1.165, 1.54) is 11.8 Å². The van der Waals surface area contributed by atoms with Gasteiger partial charge in [-0.3, -0.25) is 0 Å². The number of thiocarbonyl (C=S) groups is 1. The molecule has 3 atom stereocenters. The van der Waals surface area contributed by atoms with Gasteiger partial charge in [0.25, 0.3) is 0 Å². The fourth-order valence-corrected chi connectivity index (χ4v) is 10.1. The molecular weight excluding hydrogens is 326 g/mol. The molecule has 0 radical (unpaired) electrons. The smallest absolute Gasteiger partial charge is 0.153 e. The van der Waals surface area contributed by atoms with E-state index in [2.05, 4.69) is 0 Å². The van der Waals surface area contributed by atoms with Crippen LogP contribution in [0.2, 0.25) is 0 Å². The lowest BCUT2D eigenvalue weighted by atomic mass is 9.97. The molecule has 0 amide bonds. The van der Waals surface area contributed by atoms with Gasteiger partial charge in [-0.25, -0.2) is 16.8 Å². The minimum Gasteiger partial charge on any atom is -0.346 e. The Hall–Kier alpha value is 0.140. The predicted octanol–water partition coefficient (Wildman–Crippen LogP) is 0.0629. The van der Waals surface area contributed by atoms with E-state index in [1.807, 2.05) is 11.8 Å². The van der Waals surface area contributed by atoms with Crippen LogP contribution < -0.4 is 0 Å². The first-order valence-corrected chi connectivity index (χ1v) is 11.0. The van der Waals surface area contributed by atoms with Crippen LogP contribution in [0.3, 0.4) is 0 Å². The Morgan fingerprint density at radius 1 is 1.26 bits per heavy atom. The van der Waals surface area contributed by atoms with Gasteiger partial charge >= 0.3 is 0 Å². The second kappa shape index (κ2) is 4.08. The monoisotopic (exact) mass is 341 g/mol. The van der Waals surface area contributed by atoms with E-state index in [4.69, 9.17) is 12.2 Å². The Kier molecular flexibility index (Phi) is 3.03. The SMILES string of the molecule is C[C@@]12CS(=O)(=O)C[C@@H]1SC(=S)N2[C@@H]1CCS(=O)(=O)C1. The Morgan fingerprint density at radius 2 is 1.95 bits per heavy atom. The molecule has 0 bridgehead atoms. The lowest BCUT2D eigenvalue weighted by molar-refractivity contribution is 0.197. The van der Waals surface area contributed by atoms with E-state index in [0.717, 1.165) is 0 Å². The fourth-order valence-electron chi connectivity index (χ4n) is 3.33. The molecule has 0 aliphatic carbocycles. The molecule has 9 heteroatoms. The number of fused-ring (bicyclic) bond motifs is 1. The van der Waals surface area contributed by atoms with Crippen molar-refractivity contribution in [2.24, 2.45) is 0 Å². The number of hydrogen-bond acceptors (Lipinski definition) is 6. The molecule has 3 aliphatic heterocycles. The summed E-state index contributed by atoms with van der Waals surface area (Å²) < 4.78 is 47.6. The van der Waals surface area contributed by atoms with Gasteiger partial charge in [-0.15, -0.1) is 0 Å². The summed E-state index contributed by atoms with van der Waals surface area (Å²) in [6, 6.07) is -0.159. The van der Waals surface area contributed by atoms with Gasteiger partial charge in [0.05, 0.1) is 28.6 Å². The molecule has 5 nitrogen and oxygen atoms in total. The molecule has 3 saturated heterocycles. The second-order valence-electron chi connectivity index (χ2n) is 5.71. The molecular formula is C10H15NO4S4. The summed E-state index contributed by atoms with van der Waals surface area (Å²) in [4.78, 5) is 1.91. The first-order valence-electron chi connectivity index (χ1n) is 6.04. The summed E-state index contributed by atoms with van der Waals surface area (Å²) >= 11 is 6.77. The normalized spacial score (nSPS) is 43.6. The van der Waals surface area contributed by atoms with Crippen molar-refractivity contribution in [3.05, 3.63) is 0 Å². The van der Waals surface area contributed by atoms with Gasteiger partial charge < -0.3 is 4.90 Å². The molecule has 0 saturated carbocycles. The van der Waals surface area contributed by atoms with Crippen molar-refractivity contribution < 1.29 is 16.8 Å². The fraction of sp³-hybridized carbons (Fsp3) is 0.900. The van der Waals surface area contributed by atoms with Crippen molar-refractivity contribution >= 4 is 48.0 Å². The molecule has 19 heavy (non-hydrogen) atoms. The highest BCUT2D eigenvalue weighted by Crippen LogP contribution is 2.48. The van der Waals surface area contributed by atoms with Crippen molar-refractivity contribution in [2.75, 3.05) is 23.0 Å². The number of hydrogen-bond donors (Lipinski definition) is 0. The molecule has 3 rings (SSSR count). The number of rotatable bonds is 1. The summed E-state index contributed by atoms with van der Waals surface area (Å²) in [5.41, 5.74) is -0.537. The summed E-state index contributed by atoms with van der Waals surface area (Å²) in [7, 11) is -6.05. The Bertz CT molecular complexity index is 640. The average Bonchev–Trinajstić information content (AvgIpc) is 2.72. The van der Waals surface area contributed by atoms with Gasteiger partial charge in [-0.05, 0) is 13.3 Å². The zero-order chi connectivity index (χ0) is 14.1. The van der Waals surface area contributed by atoms with E-state index in [0.29, 0.717) is 10.7 Å². The van der Waals surface area contributed by atoms with Gasteiger partial charge in [-0.1, -0.05) is 24.0 Å². The Balaban J connectivity index is 1.95. The molecule has 0 aromatic heterocycles. The van der Waals surface area contributed by atoms with Gasteiger partial charge in [0.1, 0.15) is 4.32 Å². The quantitative estimate of drug-likeness (QED) is 0.625.